The van der Waals surface area contributed by atoms with Crippen LogP contribution in [0.15, 0.2) is 54.6 Å². The molecule has 1 heterocycles. The van der Waals surface area contributed by atoms with E-state index in [1.807, 2.05) is 48.2 Å². The van der Waals surface area contributed by atoms with Gasteiger partial charge in [-0.05, 0) is 51.5 Å². The van der Waals surface area contributed by atoms with E-state index in [0.29, 0.717) is 12.1 Å². The number of fused-ring (bicyclic) bond motifs is 1. The summed E-state index contributed by atoms with van der Waals surface area (Å²) in [5, 5.41) is 1.01. The third kappa shape index (κ3) is 3.71. The smallest absolute Gasteiger partial charge is 0.256 e. The van der Waals surface area contributed by atoms with Gasteiger partial charge in [0.25, 0.3) is 5.91 Å². The lowest BCUT2D eigenvalue weighted by molar-refractivity contribution is 0.0689. The molecule has 3 aromatic rings. The molecular formula is C22H24N2O. The molecule has 0 spiro atoms. The number of benzene rings is 2. The zero-order valence-corrected chi connectivity index (χ0v) is 15.3. The fraction of sp³-hybridized carbons (Fsp3) is 0.273. The standard InChI is InChI=1S/C22H24N2O/c1-15(2)24(14-18-8-6-5-7-9-18)22(25)20-13-19-12-16(3)10-11-21(19)23-17(20)4/h5-13,15H,14H2,1-4H3. The van der Waals surface area contributed by atoms with Crippen LogP contribution in [0.25, 0.3) is 10.9 Å². The number of aryl methyl sites for hydroxylation is 2. The zero-order chi connectivity index (χ0) is 18.0. The summed E-state index contributed by atoms with van der Waals surface area (Å²) in [6.07, 6.45) is 0. The van der Waals surface area contributed by atoms with E-state index in [1.54, 1.807) is 0 Å². The van der Waals surface area contributed by atoms with Gasteiger partial charge in [-0.25, -0.2) is 0 Å². The molecule has 0 aliphatic carbocycles. The average Bonchev–Trinajstić information content (AvgIpc) is 2.59. The molecule has 0 saturated carbocycles. The number of amides is 1. The summed E-state index contributed by atoms with van der Waals surface area (Å²) in [7, 11) is 0. The Labute approximate surface area is 149 Å². The van der Waals surface area contributed by atoms with Crippen molar-refractivity contribution in [3.05, 3.63) is 77.0 Å². The van der Waals surface area contributed by atoms with Crippen LogP contribution in [0.3, 0.4) is 0 Å². The summed E-state index contributed by atoms with van der Waals surface area (Å²) in [5.41, 5.74) is 4.69. The average molecular weight is 332 g/mol. The van der Waals surface area contributed by atoms with Gasteiger partial charge in [0.1, 0.15) is 0 Å². The van der Waals surface area contributed by atoms with Crippen molar-refractivity contribution in [3.63, 3.8) is 0 Å². The maximum absolute atomic E-state index is 13.2. The van der Waals surface area contributed by atoms with Crippen LogP contribution in [0.2, 0.25) is 0 Å². The van der Waals surface area contributed by atoms with E-state index in [1.165, 1.54) is 5.56 Å². The van der Waals surface area contributed by atoms with Gasteiger partial charge in [0.2, 0.25) is 0 Å². The summed E-state index contributed by atoms with van der Waals surface area (Å²) < 4.78 is 0. The number of hydrogen-bond donors (Lipinski definition) is 0. The minimum absolute atomic E-state index is 0.0345. The van der Waals surface area contributed by atoms with Crippen LogP contribution in [0.1, 0.15) is 41.0 Å². The fourth-order valence-corrected chi connectivity index (χ4v) is 3.03. The Morgan fingerprint density at radius 3 is 2.44 bits per heavy atom. The molecule has 0 aliphatic heterocycles. The Kier molecular flexibility index (Phi) is 4.84. The van der Waals surface area contributed by atoms with Crippen molar-refractivity contribution in [1.29, 1.82) is 0 Å². The van der Waals surface area contributed by atoms with Gasteiger partial charge in [-0.1, -0.05) is 42.0 Å². The third-order valence-corrected chi connectivity index (χ3v) is 4.47. The molecule has 0 bridgehead atoms. The van der Waals surface area contributed by atoms with Gasteiger partial charge in [0, 0.05) is 18.0 Å². The summed E-state index contributed by atoms with van der Waals surface area (Å²) in [4.78, 5) is 19.8. The van der Waals surface area contributed by atoms with Gasteiger partial charge in [-0.15, -0.1) is 0 Å². The lowest BCUT2D eigenvalue weighted by Gasteiger charge is -2.27. The van der Waals surface area contributed by atoms with Crippen molar-refractivity contribution in [2.24, 2.45) is 0 Å². The predicted molar refractivity (Wildman–Crippen MR) is 103 cm³/mol. The van der Waals surface area contributed by atoms with Crippen LogP contribution in [0, 0.1) is 13.8 Å². The van der Waals surface area contributed by atoms with E-state index in [9.17, 15) is 4.79 Å². The van der Waals surface area contributed by atoms with Gasteiger partial charge in [0.05, 0.1) is 16.8 Å². The number of pyridine rings is 1. The molecule has 2 aromatic carbocycles. The van der Waals surface area contributed by atoms with Crippen LogP contribution in [0.4, 0.5) is 0 Å². The molecule has 1 amide bonds. The Morgan fingerprint density at radius 1 is 1.04 bits per heavy atom. The van der Waals surface area contributed by atoms with Gasteiger partial charge in [0.15, 0.2) is 0 Å². The first kappa shape index (κ1) is 17.2. The number of aromatic nitrogens is 1. The molecule has 0 radical (unpaired) electrons. The second-order valence-corrected chi connectivity index (χ2v) is 6.83. The normalized spacial score (nSPS) is 11.1. The SMILES string of the molecule is Cc1ccc2nc(C)c(C(=O)N(Cc3ccccc3)C(C)C)cc2c1. The molecule has 3 nitrogen and oxygen atoms in total. The van der Waals surface area contributed by atoms with Crippen molar-refractivity contribution in [2.75, 3.05) is 0 Å². The molecule has 25 heavy (non-hydrogen) atoms. The highest BCUT2D eigenvalue weighted by molar-refractivity contribution is 5.98. The largest absolute Gasteiger partial charge is 0.332 e. The summed E-state index contributed by atoms with van der Waals surface area (Å²) in [6, 6.07) is 18.3. The molecule has 0 N–H and O–H groups in total. The quantitative estimate of drug-likeness (QED) is 0.680. The molecule has 128 valence electrons. The zero-order valence-electron chi connectivity index (χ0n) is 15.3. The first-order valence-corrected chi connectivity index (χ1v) is 8.68. The topological polar surface area (TPSA) is 33.2 Å². The fourth-order valence-electron chi connectivity index (χ4n) is 3.03. The van der Waals surface area contributed by atoms with Gasteiger partial charge < -0.3 is 4.90 Å². The van der Waals surface area contributed by atoms with Gasteiger partial charge in [-0.2, -0.15) is 0 Å². The number of nitrogens with zero attached hydrogens (tertiary/aromatic N) is 2. The van der Waals surface area contributed by atoms with E-state index < -0.39 is 0 Å². The molecule has 0 unspecified atom stereocenters. The van der Waals surface area contributed by atoms with Crippen molar-refractivity contribution in [3.8, 4) is 0 Å². The van der Waals surface area contributed by atoms with Crippen LogP contribution in [-0.2, 0) is 6.54 Å². The number of carbonyl (C=O) groups is 1. The highest BCUT2D eigenvalue weighted by atomic mass is 16.2. The van der Waals surface area contributed by atoms with Crippen molar-refractivity contribution >= 4 is 16.8 Å². The highest BCUT2D eigenvalue weighted by Gasteiger charge is 2.21. The Hall–Kier alpha value is -2.68. The number of carbonyl (C=O) groups excluding carboxylic acids is 1. The Morgan fingerprint density at radius 2 is 1.76 bits per heavy atom. The molecule has 3 heteroatoms. The Bertz CT molecular complexity index is 901. The summed E-state index contributed by atoms with van der Waals surface area (Å²) >= 11 is 0. The highest BCUT2D eigenvalue weighted by Crippen LogP contribution is 2.21. The minimum atomic E-state index is 0.0345. The third-order valence-electron chi connectivity index (χ3n) is 4.47. The summed E-state index contributed by atoms with van der Waals surface area (Å²) in [5.74, 6) is 0.0345. The Balaban J connectivity index is 1.99. The molecule has 0 atom stereocenters. The molecular weight excluding hydrogens is 308 g/mol. The van der Waals surface area contributed by atoms with Gasteiger partial charge in [-0.3, -0.25) is 9.78 Å². The second-order valence-electron chi connectivity index (χ2n) is 6.83. The van der Waals surface area contributed by atoms with Crippen molar-refractivity contribution in [2.45, 2.75) is 40.3 Å². The minimum Gasteiger partial charge on any atom is -0.332 e. The van der Waals surface area contributed by atoms with Crippen LogP contribution >= 0.6 is 0 Å². The molecule has 1 aromatic heterocycles. The van der Waals surface area contributed by atoms with E-state index in [4.69, 9.17) is 0 Å². The lowest BCUT2D eigenvalue weighted by Crippen LogP contribution is -2.36. The second kappa shape index (κ2) is 7.06. The van der Waals surface area contributed by atoms with E-state index in [0.717, 1.165) is 22.2 Å². The first-order valence-electron chi connectivity index (χ1n) is 8.68. The van der Waals surface area contributed by atoms with E-state index in [2.05, 4.69) is 44.0 Å². The lowest BCUT2D eigenvalue weighted by atomic mass is 10.1. The van der Waals surface area contributed by atoms with Crippen molar-refractivity contribution < 1.29 is 4.79 Å². The van der Waals surface area contributed by atoms with Crippen molar-refractivity contribution in [1.82, 2.24) is 9.88 Å². The number of rotatable bonds is 4. The summed E-state index contributed by atoms with van der Waals surface area (Å²) in [6.45, 7) is 8.66. The molecule has 0 fully saturated rings. The van der Waals surface area contributed by atoms with Crippen LogP contribution < -0.4 is 0 Å². The first-order chi connectivity index (χ1) is 12.0. The molecule has 0 aliphatic rings. The van der Waals surface area contributed by atoms with E-state index >= 15 is 0 Å². The van der Waals surface area contributed by atoms with Crippen LogP contribution in [0.5, 0.6) is 0 Å². The maximum atomic E-state index is 13.2. The molecule has 3 rings (SSSR count). The van der Waals surface area contributed by atoms with Gasteiger partial charge >= 0.3 is 0 Å². The predicted octanol–water partition coefficient (Wildman–Crippen LogP) is 4.90. The monoisotopic (exact) mass is 332 g/mol. The van der Waals surface area contributed by atoms with Crippen LogP contribution in [-0.4, -0.2) is 21.8 Å². The van der Waals surface area contributed by atoms with E-state index in [-0.39, 0.29) is 11.9 Å². The maximum Gasteiger partial charge on any atom is 0.256 e. The molecule has 0 saturated heterocycles. The number of hydrogen-bond acceptors (Lipinski definition) is 2.